The van der Waals surface area contributed by atoms with E-state index in [0.29, 0.717) is 36.1 Å². The summed E-state index contributed by atoms with van der Waals surface area (Å²) in [5.74, 6) is 3.44. The quantitative estimate of drug-likeness (QED) is 0.443. The maximum atomic E-state index is 13.9. The Kier molecular flexibility index (Phi) is 9.35. The Morgan fingerprint density at radius 1 is 1.19 bits per heavy atom. The number of piperidine rings is 1. The molecule has 2 atom stereocenters. The van der Waals surface area contributed by atoms with Crippen LogP contribution in [-0.2, 0) is 11.2 Å². The molecule has 2 aromatic rings. The number of hydrogen-bond donors (Lipinski definition) is 0. The van der Waals surface area contributed by atoms with E-state index < -0.39 is 0 Å². The van der Waals surface area contributed by atoms with Crippen LogP contribution in [0.1, 0.15) is 69.7 Å². The standard InChI is InChI=1S/C23H30FN3O3.C5H11N/c1-15(2)22-25-23(30-26-22)27-9-5-16(6-10-27)20-13-18(20)8-12-29-19-4-3-17(7-11-28)21(24)14-19;1-6-4-2-3-5-6/h3-4,11,14-16,18,20H,5-10,12-13H2,1-2H3;2-5H2,1H3. The second kappa shape index (κ2) is 12.7. The molecule has 1 aliphatic carbocycles. The van der Waals surface area contributed by atoms with E-state index in [0.717, 1.165) is 50.0 Å². The molecule has 2 aliphatic heterocycles. The van der Waals surface area contributed by atoms with E-state index >= 15 is 0 Å². The minimum atomic E-state index is -0.377. The zero-order chi connectivity index (χ0) is 25.5. The van der Waals surface area contributed by atoms with Gasteiger partial charge in [0.25, 0.3) is 0 Å². The minimum absolute atomic E-state index is 0.0973. The Balaban J connectivity index is 0.000000445. The second-order valence-corrected chi connectivity index (χ2v) is 10.8. The van der Waals surface area contributed by atoms with Crippen molar-refractivity contribution in [1.82, 2.24) is 15.0 Å². The fourth-order valence-electron chi connectivity index (χ4n) is 5.37. The van der Waals surface area contributed by atoms with Gasteiger partial charge in [0.1, 0.15) is 17.9 Å². The first-order valence-corrected chi connectivity index (χ1v) is 13.6. The molecule has 3 fully saturated rings. The summed E-state index contributed by atoms with van der Waals surface area (Å²) < 4.78 is 25.0. The average Bonchev–Trinajstić information content (AvgIpc) is 3.22. The number of rotatable bonds is 9. The SMILES string of the molecule is CC(C)c1noc(N2CCC(C3CC3CCOc3ccc(CC=O)c(F)c3)CC2)n1.CN1CCCC1. The van der Waals surface area contributed by atoms with Crippen LogP contribution in [0.25, 0.3) is 0 Å². The molecule has 7 nitrogen and oxygen atoms in total. The smallest absolute Gasteiger partial charge is 0.324 e. The first-order chi connectivity index (χ1) is 17.4. The summed E-state index contributed by atoms with van der Waals surface area (Å²) in [6.45, 7) is 9.31. The molecule has 2 unspecified atom stereocenters. The van der Waals surface area contributed by atoms with E-state index in [1.807, 2.05) is 0 Å². The largest absolute Gasteiger partial charge is 0.493 e. The van der Waals surface area contributed by atoms with Crippen LogP contribution in [0.4, 0.5) is 10.4 Å². The zero-order valence-corrected chi connectivity index (χ0v) is 22.0. The lowest BCUT2D eigenvalue weighted by Gasteiger charge is -2.30. The molecule has 2 saturated heterocycles. The van der Waals surface area contributed by atoms with Gasteiger partial charge in [0, 0.05) is 31.5 Å². The van der Waals surface area contributed by atoms with Crippen LogP contribution in [0.2, 0.25) is 0 Å². The molecule has 0 amide bonds. The maximum absolute atomic E-state index is 13.9. The predicted octanol–water partition coefficient (Wildman–Crippen LogP) is 5.11. The number of hydrogen-bond acceptors (Lipinski definition) is 7. The first-order valence-electron chi connectivity index (χ1n) is 13.6. The molecule has 1 saturated carbocycles. The first kappa shape index (κ1) is 26.6. The van der Waals surface area contributed by atoms with Crippen LogP contribution in [0.5, 0.6) is 5.75 Å². The average molecular weight is 501 g/mol. The number of likely N-dealkylation sites (tertiary alicyclic amines) is 1. The molecule has 5 rings (SSSR count). The van der Waals surface area contributed by atoms with Crippen molar-refractivity contribution in [2.24, 2.45) is 17.8 Å². The molecule has 8 heteroatoms. The van der Waals surface area contributed by atoms with Crippen molar-refractivity contribution in [2.75, 3.05) is 44.7 Å². The highest BCUT2D eigenvalue weighted by Gasteiger charge is 2.43. The topological polar surface area (TPSA) is 71.7 Å². The second-order valence-electron chi connectivity index (χ2n) is 10.8. The van der Waals surface area contributed by atoms with Crippen LogP contribution < -0.4 is 9.64 Å². The Labute approximate surface area is 214 Å². The van der Waals surface area contributed by atoms with Crippen molar-refractivity contribution in [1.29, 1.82) is 0 Å². The Bertz CT molecular complexity index is 967. The fourth-order valence-corrected chi connectivity index (χ4v) is 5.37. The molecule has 0 radical (unpaired) electrons. The highest BCUT2D eigenvalue weighted by atomic mass is 19.1. The van der Waals surface area contributed by atoms with Crippen LogP contribution in [0, 0.1) is 23.6 Å². The molecular formula is C28H41FN4O3. The number of anilines is 1. The molecular weight excluding hydrogens is 459 g/mol. The van der Waals surface area contributed by atoms with E-state index in [1.54, 1.807) is 12.1 Å². The van der Waals surface area contributed by atoms with Crippen molar-refractivity contribution in [2.45, 2.75) is 64.7 Å². The molecule has 198 valence electrons. The van der Waals surface area contributed by atoms with Gasteiger partial charge in [-0.05, 0) is 88.0 Å². The summed E-state index contributed by atoms with van der Waals surface area (Å²) in [7, 11) is 2.17. The molecule has 36 heavy (non-hydrogen) atoms. The number of carbonyl (C=O) groups excluding carboxylic acids is 1. The molecule has 1 aromatic heterocycles. The molecule has 0 N–H and O–H groups in total. The third-order valence-corrected chi connectivity index (χ3v) is 7.76. The van der Waals surface area contributed by atoms with E-state index in [9.17, 15) is 9.18 Å². The van der Waals surface area contributed by atoms with E-state index in [4.69, 9.17) is 9.26 Å². The highest BCUT2D eigenvalue weighted by molar-refractivity contribution is 5.55. The van der Waals surface area contributed by atoms with E-state index in [-0.39, 0.29) is 18.2 Å². The van der Waals surface area contributed by atoms with Crippen molar-refractivity contribution in [3.05, 3.63) is 35.4 Å². The predicted molar refractivity (Wildman–Crippen MR) is 138 cm³/mol. The number of aromatic nitrogens is 2. The number of halogens is 1. The van der Waals surface area contributed by atoms with Crippen LogP contribution >= 0.6 is 0 Å². The Morgan fingerprint density at radius 2 is 1.94 bits per heavy atom. The van der Waals surface area contributed by atoms with Crippen LogP contribution in [-0.4, -0.2) is 61.2 Å². The lowest BCUT2D eigenvalue weighted by atomic mass is 9.90. The van der Waals surface area contributed by atoms with Crippen molar-refractivity contribution >= 4 is 12.3 Å². The van der Waals surface area contributed by atoms with Crippen molar-refractivity contribution < 1.29 is 18.4 Å². The summed E-state index contributed by atoms with van der Waals surface area (Å²) in [5, 5.41) is 4.07. The van der Waals surface area contributed by atoms with Gasteiger partial charge in [0.2, 0.25) is 0 Å². The summed E-state index contributed by atoms with van der Waals surface area (Å²) in [6, 6.07) is 5.40. The van der Waals surface area contributed by atoms with Crippen molar-refractivity contribution in [3.63, 3.8) is 0 Å². The normalized spacial score (nSPS) is 22.4. The van der Waals surface area contributed by atoms with Gasteiger partial charge in [-0.3, -0.25) is 0 Å². The number of carbonyl (C=O) groups is 1. The molecule has 3 heterocycles. The summed E-state index contributed by atoms with van der Waals surface area (Å²) in [6.07, 6.45) is 8.22. The molecule has 1 aromatic carbocycles. The van der Waals surface area contributed by atoms with Crippen LogP contribution in [0.15, 0.2) is 22.7 Å². The number of nitrogens with zero attached hydrogens (tertiary/aromatic N) is 4. The third-order valence-electron chi connectivity index (χ3n) is 7.76. The summed E-state index contributed by atoms with van der Waals surface area (Å²) in [4.78, 5) is 19.6. The van der Waals surface area contributed by atoms with Crippen LogP contribution in [0.3, 0.4) is 0 Å². The Hall–Kier alpha value is -2.48. The minimum Gasteiger partial charge on any atom is -0.493 e. The van der Waals surface area contributed by atoms with Gasteiger partial charge in [0.15, 0.2) is 5.82 Å². The lowest BCUT2D eigenvalue weighted by molar-refractivity contribution is -0.107. The van der Waals surface area contributed by atoms with E-state index in [2.05, 4.69) is 40.8 Å². The Morgan fingerprint density at radius 3 is 2.53 bits per heavy atom. The van der Waals surface area contributed by atoms with Gasteiger partial charge in [-0.1, -0.05) is 25.1 Å². The molecule has 0 bridgehead atoms. The monoisotopic (exact) mass is 500 g/mol. The summed E-state index contributed by atoms with van der Waals surface area (Å²) in [5.41, 5.74) is 0.409. The van der Waals surface area contributed by atoms with Gasteiger partial charge in [-0.2, -0.15) is 4.98 Å². The van der Waals surface area contributed by atoms with Gasteiger partial charge in [-0.25, -0.2) is 4.39 Å². The zero-order valence-electron chi connectivity index (χ0n) is 22.0. The van der Waals surface area contributed by atoms with Gasteiger partial charge >= 0.3 is 6.01 Å². The molecule has 3 aliphatic rings. The van der Waals surface area contributed by atoms with E-state index in [1.165, 1.54) is 38.4 Å². The van der Waals surface area contributed by atoms with Gasteiger partial charge in [0.05, 0.1) is 6.61 Å². The maximum Gasteiger partial charge on any atom is 0.324 e. The third kappa shape index (κ3) is 7.28. The highest BCUT2D eigenvalue weighted by Crippen LogP contribution is 2.50. The van der Waals surface area contributed by atoms with Gasteiger partial charge in [-0.15, -0.1) is 0 Å². The van der Waals surface area contributed by atoms with Gasteiger partial charge < -0.3 is 23.9 Å². The fraction of sp³-hybridized carbons (Fsp3) is 0.679. The van der Waals surface area contributed by atoms with Crippen molar-refractivity contribution in [3.8, 4) is 5.75 Å². The number of benzene rings is 1. The number of aldehydes is 1. The molecule has 0 spiro atoms. The number of ether oxygens (including phenoxy) is 1. The lowest BCUT2D eigenvalue weighted by Crippen LogP contribution is -2.34. The summed E-state index contributed by atoms with van der Waals surface area (Å²) >= 11 is 0.